The second-order valence-corrected chi connectivity index (χ2v) is 6.21. The molecule has 0 unspecified atom stereocenters. The number of amides is 1. The van der Waals surface area contributed by atoms with Crippen molar-refractivity contribution in [2.24, 2.45) is 4.99 Å². The van der Waals surface area contributed by atoms with Crippen LogP contribution in [0.2, 0.25) is 0 Å². The van der Waals surface area contributed by atoms with Crippen molar-refractivity contribution in [1.29, 1.82) is 0 Å². The number of nitro benzene ring substituents is 1. The van der Waals surface area contributed by atoms with E-state index in [0.29, 0.717) is 21.3 Å². The van der Waals surface area contributed by atoms with Gasteiger partial charge in [-0.25, -0.2) is 9.79 Å². The smallest absolute Gasteiger partial charge is 0.335 e. The summed E-state index contributed by atoms with van der Waals surface area (Å²) in [6.07, 6.45) is 1.61. The van der Waals surface area contributed by atoms with Crippen molar-refractivity contribution in [1.82, 2.24) is 5.32 Å². The number of carboxylic acid groups (broad SMARTS) is 1. The van der Waals surface area contributed by atoms with E-state index in [2.05, 4.69) is 10.3 Å². The molecule has 1 amide bonds. The molecule has 0 aliphatic carbocycles. The van der Waals surface area contributed by atoms with E-state index in [9.17, 15) is 19.7 Å². The van der Waals surface area contributed by atoms with E-state index in [1.807, 2.05) is 0 Å². The monoisotopic (exact) mass is 369 g/mol. The Balaban J connectivity index is 1.77. The Morgan fingerprint density at radius 3 is 2.38 bits per heavy atom. The van der Waals surface area contributed by atoms with Crippen LogP contribution in [0.1, 0.15) is 15.9 Å². The van der Waals surface area contributed by atoms with Crippen LogP contribution in [0.5, 0.6) is 0 Å². The topological polar surface area (TPSA) is 122 Å². The fourth-order valence-corrected chi connectivity index (χ4v) is 2.96. The number of benzene rings is 2. The summed E-state index contributed by atoms with van der Waals surface area (Å²) >= 11 is 1.13. The lowest BCUT2D eigenvalue weighted by atomic mass is 10.2. The quantitative estimate of drug-likeness (QED) is 0.485. The molecule has 1 aliphatic rings. The average Bonchev–Trinajstić information content (AvgIpc) is 2.95. The van der Waals surface area contributed by atoms with Crippen molar-refractivity contribution in [3.8, 4) is 0 Å². The van der Waals surface area contributed by atoms with Crippen LogP contribution in [0.3, 0.4) is 0 Å². The molecule has 1 fully saturated rings. The highest BCUT2D eigenvalue weighted by molar-refractivity contribution is 8.18. The predicted octanol–water partition coefficient (Wildman–Crippen LogP) is 3.18. The number of thioether (sulfide) groups is 1. The van der Waals surface area contributed by atoms with Crippen molar-refractivity contribution >= 4 is 46.3 Å². The van der Waals surface area contributed by atoms with Gasteiger partial charge in [-0.2, -0.15) is 0 Å². The molecule has 0 spiro atoms. The zero-order valence-electron chi connectivity index (χ0n) is 13.1. The third kappa shape index (κ3) is 3.95. The fraction of sp³-hybridized carbons (Fsp3) is 0. The van der Waals surface area contributed by atoms with Crippen LogP contribution in [0.15, 0.2) is 58.4 Å². The largest absolute Gasteiger partial charge is 0.478 e. The van der Waals surface area contributed by atoms with E-state index in [-0.39, 0.29) is 17.2 Å². The number of nitrogens with one attached hydrogen (secondary N) is 1. The van der Waals surface area contributed by atoms with Gasteiger partial charge in [-0.05, 0) is 59.8 Å². The first-order valence-electron chi connectivity index (χ1n) is 7.30. The van der Waals surface area contributed by atoms with Gasteiger partial charge < -0.3 is 10.4 Å². The molecule has 0 saturated carbocycles. The first-order chi connectivity index (χ1) is 12.4. The summed E-state index contributed by atoms with van der Waals surface area (Å²) in [5.74, 6) is -1.35. The van der Waals surface area contributed by atoms with Crippen molar-refractivity contribution < 1.29 is 19.6 Å². The van der Waals surface area contributed by atoms with Gasteiger partial charge in [0.15, 0.2) is 5.17 Å². The lowest BCUT2D eigenvalue weighted by molar-refractivity contribution is -0.384. The second kappa shape index (κ2) is 7.19. The number of nitrogens with zero attached hydrogens (tertiary/aromatic N) is 2. The minimum atomic E-state index is -1.03. The first-order valence-corrected chi connectivity index (χ1v) is 8.11. The highest BCUT2D eigenvalue weighted by Crippen LogP contribution is 2.28. The highest BCUT2D eigenvalue weighted by Gasteiger charge is 2.23. The first kappa shape index (κ1) is 17.4. The van der Waals surface area contributed by atoms with Gasteiger partial charge in [-0.1, -0.05) is 0 Å². The summed E-state index contributed by atoms with van der Waals surface area (Å²) in [5.41, 5.74) is 1.29. The number of carbonyl (C=O) groups excluding carboxylic acids is 1. The molecular formula is C17H11N3O5S. The molecule has 1 saturated heterocycles. The summed E-state index contributed by atoms with van der Waals surface area (Å²) in [7, 11) is 0. The van der Waals surface area contributed by atoms with Crippen LogP contribution >= 0.6 is 11.8 Å². The Bertz CT molecular complexity index is 949. The zero-order chi connectivity index (χ0) is 18.7. The van der Waals surface area contributed by atoms with Crippen LogP contribution in [0.25, 0.3) is 6.08 Å². The predicted molar refractivity (Wildman–Crippen MR) is 97.3 cm³/mol. The molecule has 3 rings (SSSR count). The van der Waals surface area contributed by atoms with Crippen LogP contribution in [-0.4, -0.2) is 27.1 Å². The normalized spacial score (nSPS) is 16.7. The van der Waals surface area contributed by atoms with Gasteiger partial charge in [0.2, 0.25) is 0 Å². The molecule has 1 aliphatic heterocycles. The summed E-state index contributed by atoms with van der Waals surface area (Å²) < 4.78 is 0. The van der Waals surface area contributed by atoms with Gasteiger partial charge >= 0.3 is 5.97 Å². The van der Waals surface area contributed by atoms with Gasteiger partial charge in [-0.15, -0.1) is 0 Å². The minimum Gasteiger partial charge on any atom is -0.478 e. The van der Waals surface area contributed by atoms with E-state index >= 15 is 0 Å². The zero-order valence-corrected chi connectivity index (χ0v) is 13.9. The molecule has 2 N–H and O–H groups in total. The van der Waals surface area contributed by atoms with E-state index in [4.69, 9.17) is 5.11 Å². The van der Waals surface area contributed by atoms with Crippen LogP contribution in [0, 0.1) is 10.1 Å². The van der Waals surface area contributed by atoms with Crippen molar-refractivity contribution in [2.75, 3.05) is 0 Å². The molecule has 2 aromatic rings. The average molecular weight is 369 g/mol. The summed E-state index contributed by atoms with van der Waals surface area (Å²) in [4.78, 5) is 37.7. The maximum Gasteiger partial charge on any atom is 0.335 e. The number of aliphatic imine (C=N–C) groups is 1. The minimum absolute atomic E-state index is 0.0252. The maximum absolute atomic E-state index is 12.0. The molecule has 1 heterocycles. The SMILES string of the molecule is O=C1NC(=Nc2ccc(C(=O)O)cc2)S/C1=C\c1ccc([N+](=O)[O-])cc1. The molecule has 9 heteroatoms. The van der Waals surface area contributed by atoms with Crippen LogP contribution in [-0.2, 0) is 4.79 Å². The fourth-order valence-electron chi connectivity index (χ4n) is 2.12. The maximum atomic E-state index is 12.0. The number of hydrogen-bond acceptors (Lipinski definition) is 6. The second-order valence-electron chi connectivity index (χ2n) is 5.18. The molecule has 0 atom stereocenters. The number of hydrogen-bond donors (Lipinski definition) is 2. The van der Waals surface area contributed by atoms with Gasteiger partial charge in [0.1, 0.15) is 0 Å². The van der Waals surface area contributed by atoms with Crippen molar-refractivity contribution in [3.63, 3.8) is 0 Å². The summed E-state index contributed by atoms with van der Waals surface area (Å²) in [6.45, 7) is 0. The van der Waals surface area contributed by atoms with E-state index in [1.165, 1.54) is 24.3 Å². The Kier molecular flexibility index (Phi) is 4.81. The molecule has 26 heavy (non-hydrogen) atoms. The Labute approximate surface area is 151 Å². The lowest BCUT2D eigenvalue weighted by Gasteiger charge is -1.97. The van der Waals surface area contributed by atoms with Gasteiger partial charge in [0.05, 0.1) is 21.1 Å². The molecular weight excluding hydrogens is 358 g/mol. The molecule has 0 aromatic heterocycles. The van der Waals surface area contributed by atoms with Gasteiger partial charge in [-0.3, -0.25) is 14.9 Å². The third-order valence-corrected chi connectivity index (χ3v) is 4.31. The van der Waals surface area contributed by atoms with Crippen LogP contribution < -0.4 is 5.32 Å². The Hall–Kier alpha value is -3.46. The Morgan fingerprint density at radius 2 is 1.81 bits per heavy atom. The standard InChI is InChI=1S/C17H11N3O5S/c21-15-14(9-10-1-7-13(8-2-10)20(24)25)26-17(19-15)18-12-5-3-11(4-6-12)16(22)23/h1-9H,(H,22,23)(H,18,19,21)/b14-9-. The highest BCUT2D eigenvalue weighted by atomic mass is 32.2. The number of rotatable bonds is 4. The van der Waals surface area contributed by atoms with E-state index in [1.54, 1.807) is 30.3 Å². The number of amidine groups is 1. The Morgan fingerprint density at radius 1 is 1.15 bits per heavy atom. The number of aromatic carboxylic acids is 1. The van der Waals surface area contributed by atoms with Crippen molar-refractivity contribution in [2.45, 2.75) is 0 Å². The van der Waals surface area contributed by atoms with E-state index < -0.39 is 10.9 Å². The van der Waals surface area contributed by atoms with Gasteiger partial charge in [0.25, 0.3) is 11.6 Å². The molecule has 0 bridgehead atoms. The number of non-ortho nitro benzene ring substituents is 1. The summed E-state index contributed by atoms with van der Waals surface area (Å²) in [5, 5.41) is 22.5. The molecule has 2 aromatic carbocycles. The summed E-state index contributed by atoms with van der Waals surface area (Å²) in [6, 6.07) is 11.8. The lowest BCUT2D eigenvalue weighted by Crippen LogP contribution is -2.19. The molecule has 0 radical (unpaired) electrons. The molecule has 130 valence electrons. The van der Waals surface area contributed by atoms with Crippen molar-refractivity contribution in [3.05, 3.63) is 74.7 Å². The third-order valence-electron chi connectivity index (χ3n) is 3.40. The number of nitro groups is 1. The van der Waals surface area contributed by atoms with E-state index in [0.717, 1.165) is 11.8 Å². The number of carboxylic acids is 1. The van der Waals surface area contributed by atoms with Gasteiger partial charge in [0, 0.05) is 12.1 Å². The molecule has 8 nitrogen and oxygen atoms in total. The number of carbonyl (C=O) groups is 2. The van der Waals surface area contributed by atoms with Crippen LogP contribution in [0.4, 0.5) is 11.4 Å².